The van der Waals surface area contributed by atoms with E-state index in [0.29, 0.717) is 23.8 Å². The molecule has 2 aromatic carbocycles. The second-order valence-corrected chi connectivity index (χ2v) is 11.4. The minimum absolute atomic E-state index is 0.0658. The van der Waals surface area contributed by atoms with Crippen LogP contribution in [0.15, 0.2) is 36.4 Å². The van der Waals surface area contributed by atoms with Crippen molar-refractivity contribution < 1.29 is 9.53 Å². The van der Waals surface area contributed by atoms with Crippen molar-refractivity contribution in [2.24, 2.45) is 0 Å². The molecule has 3 heterocycles. The van der Waals surface area contributed by atoms with Crippen molar-refractivity contribution in [3.63, 3.8) is 0 Å². The molecular weight excluding hydrogens is 448 g/mol. The quantitative estimate of drug-likeness (QED) is 0.557. The Bertz CT molecular complexity index is 1380. The number of hydrogen-bond acceptors (Lipinski definition) is 5. The number of ether oxygens (including phenoxy) is 1. The van der Waals surface area contributed by atoms with E-state index in [1.54, 1.807) is 6.07 Å². The Kier molecular flexibility index (Phi) is 5.47. The summed E-state index contributed by atoms with van der Waals surface area (Å²) in [5.41, 5.74) is 5.83. The number of carbonyl (C=O) groups excluding carboxylic acids is 1. The molecule has 3 aliphatic rings. The molecule has 6 nitrogen and oxygen atoms in total. The Morgan fingerprint density at radius 2 is 1.78 bits per heavy atom. The molecule has 2 unspecified atom stereocenters. The first-order chi connectivity index (χ1) is 17.3. The zero-order valence-electron chi connectivity index (χ0n) is 21.6. The summed E-state index contributed by atoms with van der Waals surface area (Å²) in [4.78, 5) is 22.3. The fourth-order valence-corrected chi connectivity index (χ4v) is 6.69. The third-order valence-corrected chi connectivity index (χ3v) is 8.49. The molecule has 0 bridgehead atoms. The number of nitrogens with zero attached hydrogens (tertiary/aromatic N) is 3. The number of carbonyl (C=O) groups is 1. The molecule has 0 amide bonds. The number of anilines is 1. The van der Waals surface area contributed by atoms with E-state index >= 15 is 0 Å². The van der Waals surface area contributed by atoms with Crippen LogP contribution in [-0.4, -0.2) is 60.1 Å². The van der Waals surface area contributed by atoms with Gasteiger partial charge in [0.2, 0.25) is 0 Å². The molecule has 6 heteroatoms. The molecular formula is C30H34N4O2. The molecule has 2 aliphatic heterocycles. The van der Waals surface area contributed by atoms with Gasteiger partial charge in [-0.2, -0.15) is 5.26 Å². The lowest BCUT2D eigenvalue weighted by atomic mass is 9.71. The number of H-pyrrole nitrogens is 1. The summed E-state index contributed by atoms with van der Waals surface area (Å²) < 4.78 is 5.94. The largest absolute Gasteiger partial charge is 0.373 e. The zero-order valence-corrected chi connectivity index (χ0v) is 21.6. The highest BCUT2D eigenvalue weighted by atomic mass is 16.5. The van der Waals surface area contributed by atoms with Gasteiger partial charge in [0.05, 0.1) is 29.4 Å². The van der Waals surface area contributed by atoms with Crippen molar-refractivity contribution in [3.8, 4) is 6.07 Å². The summed E-state index contributed by atoms with van der Waals surface area (Å²) in [6.45, 7) is 12.8. The van der Waals surface area contributed by atoms with E-state index < -0.39 is 0 Å². The van der Waals surface area contributed by atoms with Gasteiger partial charge in [-0.3, -0.25) is 9.69 Å². The average Bonchev–Trinajstić information content (AvgIpc) is 3.27. The van der Waals surface area contributed by atoms with E-state index in [1.807, 2.05) is 18.2 Å². The van der Waals surface area contributed by atoms with Gasteiger partial charge in [0.25, 0.3) is 0 Å². The van der Waals surface area contributed by atoms with Gasteiger partial charge in [-0.25, -0.2) is 0 Å². The molecule has 0 spiro atoms. The van der Waals surface area contributed by atoms with Crippen molar-refractivity contribution in [3.05, 3.63) is 64.3 Å². The Balaban J connectivity index is 1.28. The van der Waals surface area contributed by atoms with E-state index in [2.05, 4.69) is 60.7 Å². The molecule has 1 aliphatic carbocycles. The number of benzene rings is 2. The number of aromatic nitrogens is 1. The first-order valence-electron chi connectivity index (χ1n) is 13.2. The van der Waals surface area contributed by atoms with E-state index in [1.165, 1.54) is 5.69 Å². The molecule has 3 aromatic rings. The molecule has 6 rings (SSSR count). The molecule has 186 valence electrons. The maximum atomic E-state index is 13.7. The summed E-state index contributed by atoms with van der Waals surface area (Å²) >= 11 is 0. The lowest BCUT2D eigenvalue weighted by Crippen LogP contribution is -2.53. The second kappa shape index (κ2) is 8.47. The number of fused-ring (bicyclic) bond motifs is 4. The number of piperidine rings is 1. The van der Waals surface area contributed by atoms with E-state index in [9.17, 15) is 10.1 Å². The summed E-state index contributed by atoms with van der Waals surface area (Å²) in [6.07, 6.45) is 2.89. The fraction of sp³-hybridized carbons (Fsp3) is 0.467. The van der Waals surface area contributed by atoms with Gasteiger partial charge in [-0.05, 0) is 62.6 Å². The van der Waals surface area contributed by atoms with Crippen molar-refractivity contribution in [2.75, 3.05) is 31.1 Å². The van der Waals surface area contributed by atoms with Gasteiger partial charge in [-0.15, -0.1) is 0 Å². The smallest absolute Gasteiger partial charge is 0.195 e. The highest BCUT2D eigenvalue weighted by Gasteiger charge is 2.40. The van der Waals surface area contributed by atoms with Crippen LogP contribution in [0, 0.1) is 11.3 Å². The Hall–Kier alpha value is -3.14. The van der Waals surface area contributed by atoms with Crippen LogP contribution in [-0.2, 0) is 10.2 Å². The summed E-state index contributed by atoms with van der Waals surface area (Å²) in [6, 6.07) is 14.7. The molecule has 2 atom stereocenters. The van der Waals surface area contributed by atoms with Gasteiger partial charge in [-0.1, -0.05) is 19.9 Å². The van der Waals surface area contributed by atoms with Crippen molar-refractivity contribution >= 4 is 22.4 Å². The van der Waals surface area contributed by atoms with Crippen LogP contribution < -0.4 is 4.90 Å². The van der Waals surface area contributed by atoms with Gasteiger partial charge < -0.3 is 14.6 Å². The Morgan fingerprint density at radius 1 is 1.06 bits per heavy atom. The minimum Gasteiger partial charge on any atom is -0.373 e. The van der Waals surface area contributed by atoms with Crippen LogP contribution >= 0.6 is 0 Å². The minimum atomic E-state index is -0.348. The number of aromatic amines is 1. The maximum absolute atomic E-state index is 13.7. The molecule has 0 radical (unpaired) electrons. The third kappa shape index (κ3) is 3.65. The predicted octanol–water partition coefficient (Wildman–Crippen LogP) is 4.99. The Morgan fingerprint density at radius 3 is 2.47 bits per heavy atom. The van der Waals surface area contributed by atoms with Crippen molar-refractivity contribution in [1.29, 1.82) is 5.26 Å². The van der Waals surface area contributed by atoms with Crippen LogP contribution in [0.5, 0.6) is 0 Å². The molecule has 1 aromatic heterocycles. The lowest BCUT2D eigenvalue weighted by molar-refractivity contribution is -0.0826. The molecule has 2 fully saturated rings. The van der Waals surface area contributed by atoms with Crippen molar-refractivity contribution in [2.45, 2.75) is 64.2 Å². The first-order valence-corrected chi connectivity index (χ1v) is 13.2. The van der Waals surface area contributed by atoms with Gasteiger partial charge in [0.1, 0.15) is 0 Å². The summed E-state index contributed by atoms with van der Waals surface area (Å²) in [7, 11) is 0. The fourth-order valence-electron chi connectivity index (χ4n) is 6.69. The molecule has 0 saturated carbocycles. The summed E-state index contributed by atoms with van der Waals surface area (Å²) in [5, 5.41) is 10.2. The first kappa shape index (κ1) is 23.3. The van der Waals surface area contributed by atoms with Crippen LogP contribution in [0.25, 0.3) is 10.9 Å². The monoisotopic (exact) mass is 482 g/mol. The number of nitriles is 1. The van der Waals surface area contributed by atoms with Gasteiger partial charge >= 0.3 is 0 Å². The average molecular weight is 483 g/mol. The van der Waals surface area contributed by atoms with Crippen LogP contribution in [0.3, 0.4) is 0 Å². The van der Waals surface area contributed by atoms with E-state index in [0.717, 1.165) is 72.3 Å². The molecule has 36 heavy (non-hydrogen) atoms. The van der Waals surface area contributed by atoms with Crippen molar-refractivity contribution in [1.82, 2.24) is 9.88 Å². The normalized spacial score (nSPS) is 24.4. The van der Waals surface area contributed by atoms with Crippen LogP contribution in [0.2, 0.25) is 0 Å². The van der Waals surface area contributed by atoms with Crippen LogP contribution in [0.4, 0.5) is 5.69 Å². The van der Waals surface area contributed by atoms with E-state index in [-0.39, 0.29) is 11.2 Å². The zero-order chi connectivity index (χ0) is 25.2. The number of morpholine rings is 1. The number of hydrogen-bond donors (Lipinski definition) is 1. The SMILES string of the molecule is CC1CN(C2CCN(c3ccc4c(c3)C(C)(C)c3[nH]c5cc(C#N)ccc5c3C4=O)CC2)CC(C)O1. The second-order valence-electron chi connectivity index (χ2n) is 11.4. The number of nitrogens with one attached hydrogen (secondary N) is 1. The number of rotatable bonds is 2. The Labute approximate surface area is 212 Å². The highest BCUT2D eigenvalue weighted by Crippen LogP contribution is 2.45. The van der Waals surface area contributed by atoms with E-state index in [4.69, 9.17) is 4.74 Å². The topological polar surface area (TPSA) is 72.4 Å². The maximum Gasteiger partial charge on any atom is 0.195 e. The lowest BCUT2D eigenvalue weighted by Gasteiger charge is -2.44. The number of ketones is 1. The molecule has 2 saturated heterocycles. The highest BCUT2D eigenvalue weighted by molar-refractivity contribution is 6.20. The van der Waals surface area contributed by atoms with Crippen LogP contribution in [0.1, 0.15) is 73.3 Å². The third-order valence-electron chi connectivity index (χ3n) is 8.49. The molecule has 1 N–H and O–H groups in total. The standard InChI is InChI=1S/C30H34N4O2/c1-18-16-34(17-19(2)36-18)21-9-11-33(12-10-21)22-6-8-23-25(14-22)30(3,4)29-27(28(23)35)24-7-5-20(15-31)13-26(24)32-29/h5-8,13-14,18-19,21,32H,9-12,16-17H2,1-4H3. The summed E-state index contributed by atoms with van der Waals surface area (Å²) in [5.74, 6) is 0.0658. The van der Waals surface area contributed by atoms with Gasteiger partial charge in [0.15, 0.2) is 5.78 Å². The predicted molar refractivity (Wildman–Crippen MR) is 142 cm³/mol. The van der Waals surface area contributed by atoms with Gasteiger partial charge in [0, 0.05) is 65.5 Å².